The van der Waals surface area contributed by atoms with Crippen LogP contribution in [0.1, 0.15) is 33.0 Å². The molecule has 1 aromatic carbocycles. The summed E-state index contributed by atoms with van der Waals surface area (Å²) < 4.78 is 6.92. The molecular weight excluding hydrogens is 390 g/mol. The fourth-order valence-electron chi connectivity index (χ4n) is 3.52. The van der Waals surface area contributed by atoms with Gasteiger partial charge in [0.05, 0.1) is 5.39 Å². The molecule has 0 spiro atoms. The third-order valence-corrected chi connectivity index (χ3v) is 6.28. The number of benzene rings is 1. The third-order valence-electron chi connectivity index (χ3n) is 5.11. The highest BCUT2D eigenvalue weighted by atomic mass is 32.1. The maximum absolute atomic E-state index is 12.7. The Morgan fingerprint density at radius 2 is 2.03 bits per heavy atom. The number of hydrogen-bond donors (Lipinski definition) is 0. The standard InChI is InChI=1S/C21H21N3O4S/c1-13-17-19(22-15-9-6-10-24(15)20(17)26)29-18(13)21(27)28-12-16(25)23(2)11-14-7-4-3-5-8-14/h3-5,7-8H,6,9-12H2,1-2H3. The molecule has 8 heteroatoms. The van der Waals surface area contributed by atoms with Crippen molar-refractivity contribution >= 4 is 33.4 Å². The van der Waals surface area contributed by atoms with Crippen molar-refractivity contribution in [1.29, 1.82) is 0 Å². The van der Waals surface area contributed by atoms with Crippen LogP contribution in [-0.2, 0) is 29.0 Å². The zero-order valence-corrected chi connectivity index (χ0v) is 17.1. The second-order valence-electron chi connectivity index (χ2n) is 7.14. The SMILES string of the molecule is Cc1c(C(=O)OCC(=O)N(C)Cc2ccccc2)sc2nc3n(c(=O)c12)CCC3. The molecule has 0 radical (unpaired) electrons. The highest BCUT2D eigenvalue weighted by molar-refractivity contribution is 7.20. The number of nitrogens with zero attached hydrogens (tertiary/aromatic N) is 3. The predicted molar refractivity (Wildman–Crippen MR) is 110 cm³/mol. The maximum Gasteiger partial charge on any atom is 0.349 e. The average molecular weight is 411 g/mol. The number of carbonyl (C=O) groups is 2. The normalized spacial score (nSPS) is 12.8. The number of rotatable bonds is 5. The lowest BCUT2D eigenvalue weighted by molar-refractivity contribution is -0.133. The van der Waals surface area contributed by atoms with Gasteiger partial charge in [0.15, 0.2) is 6.61 Å². The van der Waals surface area contributed by atoms with E-state index >= 15 is 0 Å². The summed E-state index contributed by atoms with van der Waals surface area (Å²) in [5.41, 5.74) is 1.46. The molecule has 0 N–H and O–H groups in total. The number of hydrogen-bond acceptors (Lipinski definition) is 6. The lowest BCUT2D eigenvalue weighted by Gasteiger charge is -2.17. The second kappa shape index (κ2) is 7.79. The van der Waals surface area contributed by atoms with E-state index in [0.29, 0.717) is 33.7 Å². The number of thiophene rings is 1. The van der Waals surface area contributed by atoms with Crippen LogP contribution >= 0.6 is 11.3 Å². The number of aromatic nitrogens is 2. The Bertz CT molecular complexity index is 1150. The van der Waals surface area contributed by atoms with E-state index in [4.69, 9.17) is 4.74 Å². The number of likely N-dealkylation sites (N-methyl/N-ethyl adjacent to an activating group) is 1. The van der Waals surface area contributed by atoms with E-state index in [2.05, 4.69) is 4.98 Å². The van der Waals surface area contributed by atoms with Crippen molar-refractivity contribution in [3.63, 3.8) is 0 Å². The monoisotopic (exact) mass is 411 g/mol. The quantitative estimate of drug-likeness (QED) is 0.603. The van der Waals surface area contributed by atoms with E-state index in [1.807, 2.05) is 30.3 Å². The van der Waals surface area contributed by atoms with E-state index in [9.17, 15) is 14.4 Å². The molecular formula is C21H21N3O4S. The van der Waals surface area contributed by atoms with Gasteiger partial charge in [0.1, 0.15) is 15.5 Å². The maximum atomic E-state index is 12.7. The molecule has 0 saturated carbocycles. The second-order valence-corrected chi connectivity index (χ2v) is 8.14. The summed E-state index contributed by atoms with van der Waals surface area (Å²) in [7, 11) is 1.67. The molecule has 0 saturated heterocycles. The van der Waals surface area contributed by atoms with Crippen LogP contribution < -0.4 is 5.56 Å². The molecule has 0 bridgehead atoms. The van der Waals surface area contributed by atoms with E-state index in [1.165, 1.54) is 4.90 Å². The molecule has 0 fully saturated rings. The highest BCUT2D eigenvalue weighted by Crippen LogP contribution is 2.29. The van der Waals surface area contributed by atoms with Crippen molar-refractivity contribution in [3.8, 4) is 0 Å². The predicted octanol–water partition coefficient (Wildman–Crippen LogP) is 2.53. The van der Waals surface area contributed by atoms with Crippen LogP contribution in [0.5, 0.6) is 0 Å². The summed E-state index contributed by atoms with van der Waals surface area (Å²) in [6.45, 7) is 2.47. The molecule has 3 aromatic rings. The molecule has 3 heterocycles. The largest absolute Gasteiger partial charge is 0.451 e. The summed E-state index contributed by atoms with van der Waals surface area (Å²) >= 11 is 1.15. The molecule has 1 aliphatic heterocycles. The first kappa shape index (κ1) is 19.3. The van der Waals surface area contributed by atoms with E-state index in [-0.39, 0.29) is 18.1 Å². The van der Waals surface area contributed by atoms with Crippen LogP contribution in [0.4, 0.5) is 0 Å². The summed E-state index contributed by atoms with van der Waals surface area (Å²) in [4.78, 5) is 44.5. The Hall–Kier alpha value is -3.00. The number of carbonyl (C=O) groups excluding carboxylic acids is 2. The van der Waals surface area contributed by atoms with E-state index < -0.39 is 5.97 Å². The Morgan fingerprint density at radius 1 is 1.28 bits per heavy atom. The van der Waals surface area contributed by atoms with Gasteiger partial charge in [0.2, 0.25) is 0 Å². The van der Waals surface area contributed by atoms with Crippen LogP contribution in [0.2, 0.25) is 0 Å². The van der Waals surface area contributed by atoms with Crippen LogP contribution in [0.3, 0.4) is 0 Å². The lowest BCUT2D eigenvalue weighted by Crippen LogP contribution is -2.30. The fraction of sp³-hybridized carbons (Fsp3) is 0.333. The smallest absolute Gasteiger partial charge is 0.349 e. The average Bonchev–Trinajstić information content (AvgIpc) is 3.31. The van der Waals surface area contributed by atoms with Gasteiger partial charge in [-0.05, 0) is 24.5 Å². The van der Waals surface area contributed by atoms with Crippen molar-refractivity contribution in [2.24, 2.45) is 0 Å². The summed E-state index contributed by atoms with van der Waals surface area (Å²) in [5.74, 6) is -0.129. The Morgan fingerprint density at radius 3 is 2.79 bits per heavy atom. The zero-order chi connectivity index (χ0) is 20.5. The van der Waals surface area contributed by atoms with Gasteiger partial charge < -0.3 is 9.64 Å². The van der Waals surface area contributed by atoms with Gasteiger partial charge in [0.25, 0.3) is 11.5 Å². The van der Waals surface area contributed by atoms with Gasteiger partial charge in [-0.2, -0.15) is 0 Å². The molecule has 0 atom stereocenters. The Labute approximate surface area is 171 Å². The van der Waals surface area contributed by atoms with Crippen molar-refractivity contribution in [1.82, 2.24) is 14.5 Å². The van der Waals surface area contributed by atoms with Gasteiger partial charge in [-0.1, -0.05) is 30.3 Å². The molecule has 29 heavy (non-hydrogen) atoms. The molecule has 2 aromatic heterocycles. The van der Waals surface area contributed by atoms with Crippen LogP contribution in [0, 0.1) is 6.92 Å². The fourth-order valence-corrected chi connectivity index (χ4v) is 4.60. The third kappa shape index (κ3) is 3.67. The van der Waals surface area contributed by atoms with Gasteiger partial charge in [-0.15, -0.1) is 11.3 Å². The van der Waals surface area contributed by atoms with Gasteiger partial charge in [-0.25, -0.2) is 9.78 Å². The molecule has 0 unspecified atom stereocenters. The number of aryl methyl sites for hydroxylation is 2. The lowest BCUT2D eigenvalue weighted by atomic mass is 10.2. The highest BCUT2D eigenvalue weighted by Gasteiger charge is 2.24. The van der Waals surface area contributed by atoms with Crippen LogP contribution in [0.25, 0.3) is 10.2 Å². The first-order valence-corrected chi connectivity index (χ1v) is 10.2. The summed E-state index contributed by atoms with van der Waals surface area (Å²) in [6.07, 6.45) is 1.68. The van der Waals surface area contributed by atoms with E-state index in [1.54, 1.807) is 18.5 Å². The molecule has 7 nitrogen and oxygen atoms in total. The summed E-state index contributed by atoms with van der Waals surface area (Å²) in [6, 6.07) is 9.59. The topological polar surface area (TPSA) is 81.5 Å². The summed E-state index contributed by atoms with van der Waals surface area (Å²) in [5, 5.41) is 0.472. The number of esters is 1. The minimum Gasteiger partial charge on any atom is -0.451 e. The first-order chi connectivity index (χ1) is 14.0. The number of fused-ring (bicyclic) bond motifs is 2. The molecule has 0 aliphatic carbocycles. The molecule has 1 aliphatic rings. The Kier molecular flexibility index (Phi) is 5.19. The molecule has 150 valence electrons. The van der Waals surface area contributed by atoms with Gasteiger partial charge >= 0.3 is 5.97 Å². The van der Waals surface area contributed by atoms with Crippen molar-refractivity contribution < 1.29 is 14.3 Å². The molecule has 4 rings (SSSR count). The number of ether oxygens (including phenoxy) is 1. The Balaban J connectivity index is 1.47. The minimum atomic E-state index is -0.600. The van der Waals surface area contributed by atoms with E-state index in [0.717, 1.165) is 35.6 Å². The molecule has 1 amide bonds. The van der Waals surface area contributed by atoms with Crippen molar-refractivity contribution in [2.75, 3.05) is 13.7 Å². The van der Waals surface area contributed by atoms with Crippen molar-refractivity contribution in [2.45, 2.75) is 32.9 Å². The zero-order valence-electron chi connectivity index (χ0n) is 16.3. The van der Waals surface area contributed by atoms with Gasteiger partial charge in [0, 0.05) is 26.6 Å². The van der Waals surface area contributed by atoms with Crippen LogP contribution in [-0.4, -0.2) is 40.0 Å². The van der Waals surface area contributed by atoms with Crippen LogP contribution in [0.15, 0.2) is 35.1 Å². The number of amides is 1. The first-order valence-electron chi connectivity index (χ1n) is 9.43. The van der Waals surface area contributed by atoms with Crippen molar-refractivity contribution in [3.05, 3.63) is 62.5 Å². The minimum absolute atomic E-state index is 0.103. The van der Waals surface area contributed by atoms with Gasteiger partial charge in [-0.3, -0.25) is 14.2 Å².